The molecule has 1 heterocycles. The standard InChI is InChI=1S/C22H23N3O/c1-24(2)13-7-8-14-25-19-12-6-5-11-18(19)23-22-17-10-4-3-9-16(17)21(26)15-20(22)25/h3-6,9-12,15H,7-8,13-14H2,1-2H3. The first-order valence-corrected chi connectivity index (χ1v) is 9.11. The van der Waals surface area contributed by atoms with Gasteiger partial charge in [-0.25, -0.2) is 4.98 Å². The summed E-state index contributed by atoms with van der Waals surface area (Å²) < 4.78 is 2.27. The summed E-state index contributed by atoms with van der Waals surface area (Å²) in [5.74, 6) is 0. The zero-order valence-corrected chi connectivity index (χ0v) is 15.3. The van der Waals surface area contributed by atoms with Crippen molar-refractivity contribution in [2.75, 3.05) is 20.6 Å². The number of hydrogen-bond acceptors (Lipinski definition) is 3. The van der Waals surface area contributed by atoms with E-state index in [1.807, 2.05) is 42.5 Å². The minimum atomic E-state index is 0.0622. The van der Waals surface area contributed by atoms with E-state index in [2.05, 4.69) is 29.6 Å². The van der Waals surface area contributed by atoms with Crippen molar-refractivity contribution in [3.63, 3.8) is 0 Å². The Kier molecular flexibility index (Phi) is 4.43. The van der Waals surface area contributed by atoms with Crippen molar-refractivity contribution < 1.29 is 0 Å². The molecule has 1 aliphatic carbocycles. The second-order valence-electron chi connectivity index (χ2n) is 7.05. The summed E-state index contributed by atoms with van der Waals surface area (Å²) in [6.45, 7) is 1.95. The van der Waals surface area contributed by atoms with Crippen LogP contribution in [0.4, 0.5) is 0 Å². The molecular formula is C22H23N3O. The molecule has 0 atom stereocenters. The van der Waals surface area contributed by atoms with Crippen LogP contribution < -0.4 is 5.43 Å². The van der Waals surface area contributed by atoms with Gasteiger partial charge in [0.25, 0.3) is 0 Å². The third kappa shape index (κ3) is 2.97. The number of rotatable bonds is 5. The lowest BCUT2D eigenvalue weighted by Gasteiger charge is -2.20. The van der Waals surface area contributed by atoms with Crippen LogP contribution >= 0.6 is 0 Å². The molecule has 0 saturated heterocycles. The number of hydrogen-bond donors (Lipinski definition) is 0. The number of unbranched alkanes of at least 4 members (excludes halogenated alkanes) is 1. The van der Waals surface area contributed by atoms with Crippen LogP contribution in [0.3, 0.4) is 0 Å². The van der Waals surface area contributed by atoms with Crippen LogP contribution in [-0.4, -0.2) is 35.1 Å². The summed E-state index contributed by atoms with van der Waals surface area (Å²) in [5, 5.41) is 1.67. The van der Waals surface area contributed by atoms with Crippen molar-refractivity contribution in [3.8, 4) is 11.4 Å². The summed E-state index contributed by atoms with van der Waals surface area (Å²) in [5.41, 5.74) is 3.95. The number of aryl methyl sites for hydroxylation is 1. The Balaban J connectivity index is 1.92. The molecule has 0 saturated carbocycles. The smallest absolute Gasteiger partial charge is 0.188 e. The molecule has 1 aliphatic heterocycles. The summed E-state index contributed by atoms with van der Waals surface area (Å²) in [4.78, 5) is 19.8. The van der Waals surface area contributed by atoms with E-state index < -0.39 is 0 Å². The monoisotopic (exact) mass is 345 g/mol. The molecule has 132 valence electrons. The molecule has 0 spiro atoms. The highest BCUT2D eigenvalue weighted by Crippen LogP contribution is 2.30. The van der Waals surface area contributed by atoms with E-state index >= 15 is 0 Å². The fourth-order valence-electron chi connectivity index (χ4n) is 3.61. The topological polar surface area (TPSA) is 38.1 Å². The van der Waals surface area contributed by atoms with Gasteiger partial charge in [-0.2, -0.15) is 0 Å². The van der Waals surface area contributed by atoms with Crippen molar-refractivity contribution in [1.82, 2.24) is 14.5 Å². The number of benzene rings is 3. The average Bonchev–Trinajstić information content (AvgIpc) is 2.65. The zero-order chi connectivity index (χ0) is 18.1. The fraction of sp³-hybridized carbons (Fsp3) is 0.273. The van der Waals surface area contributed by atoms with Gasteiger partial charge in [-0.3, -0.25) is 4.79 Å². The van der Waals surface area contributed by atoms with Crippen LogP contribution in [0, 0.1) is 0 Å². The zero-order valence-electron chi connectivity index (χ0n) is 15.3. The van der Waals surface area contributed by atoms with Crippen LogP contribution in [0.25, 0.3) is 33.2 Å². The third-order valence-electron chi connectivity index (χ3n) is 4.89. The maximum atomic E-state index is 12.7. The number of para-hydroxylation sites is 2. The maximum absolute atomic E-state index is 12.7. The Morgan fingerprint density at radius 1 is 0.962 bits per heavy atom. The Labute approximate surface area is 153 Å². The normalized spacial score (nSPS) is 11.8. The van der Waals surface area contributed by atoms with Gasteiger partial charge in [0.15, 0.2) is 5.43 Å². The van der Waals surface area contributed by atoms with E-state index in [0.717, 1.165) is 59.1 Å². The molecule has 2 aliphatic rings. The molecule has 4 heteroatoms. The molecule has 26 heavy (non-hydrogen) atoms. The third-order valence-corrected chi connectivity index (χ3v) is 4.89. The molecule has 0 aromatic heterocycles. The highest BCUT2D eigenvalue weighted by atomic mass is 16.1. The molecule has 0 amide bonds. The molecule has 0 fully saturated rings. The van der Waals surface area contributed by atoms with Gasteiger partial charge in [0, 0.05) is 23.4 Å². The summed E-state index contributed by atoms with van der Waals surface area (Å²) >= 11 is 0. The Morgan fingerprint density at radius 3 is 2.50 bits per heavy atom. The Bertz CT molecular complexity index is 1100. The minimum Gasteiger partial charge on any atom is -0.338 e. The lowest BCUT2D eigenvalue weighted by Crippen LogP contribution is -2.15. The lowest BCUT2D eigenvalue weighted by molar-refractivity contribution is 0.388. The molecule has 2 aromatic carbocycles. The Hall–Kier alpha value is -2.72. The Morgan fingerprint density at radius 2 is 1.69 bits per heavy atom. The van der Waals surface area contributed by atoms with E-state index in [1.54, 1.807) is 6.07 Å². The van der Waals surface area contributed by atoms with Gasteiger partial charge in [0.1, 0.15) is 0 Å². The van der Waals surface area contributed by atoms with Crippen molar-refractivity contribution in [2.45, 2.75) is 19.4 Å². The first-order chi connectivity index (χ1) is 12.6. The first-order valence-electron chi connectivity index (χ1n) is 9.11. The van der Waals surface area contributed by atoms with E-state index in [-0.39, 0.29) is 5.43 Å². The molecule has 4 rings (SSSR count). The second-order valence-corrected chi connectivity index (χ2v) is 7.05. The molecule has 0 N–H and O–H groups in total. The highest BCUT2D eigenvalue weighted by molar-refractivity contribution is 5.97. The number of nitrogens with zero attached hydrogens (tertiary/aromatic N) is 3. The SMILES string of the molecule is CN(C)CCCCn1c2cc(=O)c3ccccc3c-2nc2ccccc21. The second kappa shape index (κ2) is 6.89. The summed E-state index contributed by atoms with van der Waals surface area (Å²) in [6.07, 6.45) is 2.18. The van der Waals surface area contributed by atoms with Gasteiger partial charge in [-0.15, -0.1) is 0 Å². The molecule has 0 bridgehead atoms. The van der Waals surface area contributed by atoms with Crippen LogP contribution in [-0.2, 0) is 6.54 Å². The van der Waals surface area contributed by atoms with Gasteiger partial charge >= 0.3 is 0 Å². The summed E-state index contributed by atoms with van der Waals surface area (Å²) in [7, 11) is 4.19. The molecule has 0 radical (unpaired) electrons. The average molecular weight is 345 g/mol. The highest BCUT2D eigenvalue weighted by Gasteiger charge is 2.17. The van der Waals surface area contributed by atoms with Crippen LogP contribution in [0.15, 0.2) is 59.4 Å². The van der Waals surface area contributed by atoms with Gasteiger partial charge in [0.05, 0.1) is 22.4 Å². The predicted octanol–water partition coefficient (Wildman–Crippen LogP) is 4.00. The van der Waals surface area contributed by atoms with Gasteiger partial charge in [-0.1, -0.05) is 36.4 Å². The van der Waals surface area contributed by atoms with E-state index in [4.69, 9.17) is 4.98 Å². The predicted molar refractivity (Wildman–Crippen MR) is 108 cm³/mol. The van der Waals surface area contributed by atoms with Crippen molar-refractivity contribution in [2.24, 2.45) is 0 Å². The molecule has 4 nitrogen and oxygen atoms in total. The van der Waals surface area contributed by atoms with Crippen LogP contribution in [0.1, 0.15) is 12.8 Å². The minimum absolute atomic E-state index is 0.0622. The van der Waals surface area contributed by atoms with Gasteiger partial charge < -0.3 is 9.47 Å². The molecule has 0 unspecified atom stereocenters. The lowest BCUT2D eigenvalue weighted by atomic mass is 10.0. The first kappa shape index (κ1) is 16.7. The number of aromatic nitrogens is 2. The van der Waals surface area contributed by atoms with E-state index in [9.17, 15) is 4.79 Å². The van der Waals surface area contributed by atoms with Crippen molar-refractivity contribution in [1.29, 1.82) is 0 Å². The van der Waals surface area contributed by atoms with Crippen molar-refractivity contribution >= 4 is 21.8 Å². The number of fused-ring (bicyclic) bond motifs is 4. The summed E-state index contributed by atoms with van der Waals surface area (Å²) in [6, 6.07) is 17.7. The largest absolute Gasteiger partial charge is 0.338 e. The molecular weight excluding hydrogens is 322 g/mol. The maximum Gasteiger partial charge on any atom is 0.188 e. The fourth-order valence-corrected chi connectivity index (χ4v) is 3.61. The quantitative estimate of drug-likeness (QED) is 0.312. The molecule has 2 aromatic rings. The van der Waals surface area contributed by atoms with E-state index in [1.165, 1.54) is 0 Å². The van der Waals surface area contributed by atoms with Gasteiger partial charge in [-0.05, 0) is 45.6 Å². The van der Waals surface area contributed by atoms with Crippen LogP contribution in [0.5, 0.6) is 0 Å². The van der Waals surface area contributed by atoms with Gasteiger partial charge in [0.2, 0.25) is 0 Å². The van der Waals surface area contributed by atoms with E-state index in [0.29, 0.717) is 0 Å². The van der Waals surface area contributed by atoms with Crippen molar-refractivity contribution in [3.05, 3.63) is 64.8 Å². The van der Waals surface area contributed by atoms with Crippen LogP contribution in [0.2, 0.25) is 0 Å².